The first-order valence-corrected chi connectivity index (χ1v) is 5.16. The Morgan fingerprint density at radius 1 is 1.86 bits per heavy atom. The van der Waals surface area contributed by atoms with Crippen LogP contribution in [-0.2, 0) is 0 Å². The van der Waals surface area contributed by atoms with Gasteiger partial charge in [0, 0.05) is 0 Å². The summed E-state index contributed by atoms with van der Waals surface area (Å²) in [5.74, 6) is 0. The molecule has 0 N–H and O–H groups in total. The predicted octanol–water partition coefficient (Wildman–Crippen LogP) is -0.151. The van der Waals surface area contributed by atoms with Crippen molar-refractivity contribution in [2.24, 2.45) is 0 Å². The molecule has 4 heteroatoms. The zero-order chi connectivity index (χ0) is 5.11. The molecule has 0 atom stereocenters. The van der Waals surface area contributed by atoms with Gasteiger partial charge in [-0.3, -0.25) is 0 Å². The molecule has 0 aliphatic carbocycles. The van der Waals surface area contributed by atoms with E-state index in [1.807, 2.05) is 0 Å². The van der Waals surface area contributed by atoms with Crippen LogP contribution in [0.1, 0.15) is 0 Å². The molecule has 1 aromatic rings. The van der Waals surface area contributed by atoms with Crippen LogP contribution in [-0.4, -0.2) is 18.8 Å². The average Bonchev–Trinajstić information content (AvgIpc) is 2.14. The van der Waals surface area contributed by atoms with Crippen molar-refractivity contribution < 1.29 is 4.42 Å². The minimum absolute atomic E-state index is 0.115. The summed E-state index contributed by atoms with van der Waals surface area (Å²) in [6.07, 6.45) is 3.17. The molecule has 7 heavy (non-hydrogen) atoms. The molecular formula is C3H3NOSSe. The molecule has 0 radical (unpaired) electrons. The zero-order valence-electron chi connectivity index (χ0n) is 3.37. The van der Waals surface area contributed by atoms with E-state index in [-0.39, 0.29) is 13.8 Å². The van der Waals surface area contributed by atoms with Gasteiger partial charge in [-0.15, -0.1) is 0 Å². The molecule has 1 heterocycles. The van der Waals surface area contributed by atoms with Crippen molar-refractivity contribution >= 4 is 29.7 Å². The van der Waals surface area contributed by atoms with E-state index in [2.05, 4.69) is 16.0 Å². The summed E-state index contributed by atoms with van der Waals surface area (Å²) < 4.78 is 4.82. The molecule has 0 unspecified atom stereocenters. The van der Waals surface area contributed by atoms with Gasteiger partial charge >= 0.3 is 51.5 Å². The van der Waals surface area contributed by atoms with Crippen molar-refractivity contribution in [3.8, 4) is 0 Å². The van der Waals surface area contributed by atoms with Crippen LogP contribution in [0.4, 0.5) is 0 Å². The van der Waals surface area contributed by atoms with Gasteiger partial charge in [-0.2, -0.15) is 0 Å². The van der Waals surface area contributed by atoms with Gasteiger partial charge in [0.15, 0.2) is 0 Å². The van der Waals surface area contributed by atoms with Crippen LogP contribution >= 0.6 is 11.0 Å². The van der Waals surface area contributed by atoms with Crippen LogP contribution in [0.5, 0.6) is 0 Å². The fourth-order valence-corrected chi connectivity index (χ4v) is 1.16. The van der Waals surface area contributed by atoms with Crippen LogP contribution in [0.2, 0.25) is 0 Å². The third-order valence-corrected chi connectivity index (χ3v) is 2.05. The van der Waals surface area contributed by atoms with Gasteiger partial charge in [-0.25, -0.2) is 0 Å². The molecule has 0 aliphatic rings. The van der Waals surface area contributed by atoms with Crippen LogP contribution in [0.25, 0.3) is 0 Å². The number of rotatable bonds is 1. The molecule has 0 spiro atoms. The van der Waals surface area contributed by atoms with Crippen molar-refractivity contribution in [2.75, 3.05) is 0 Å². The van der Waals surface area contributed by atoms with E-state index in [1.54, 1.807) is 12.5 Å². The summed E-state index contributed by atoms with van der Waals surface area (Å²) in [6.45, 7) is 0. The van der Waals surface area contributed by atoms with Gasteiger partial charge in [0.25, 0.3) is 0 Å². The molecular weight excluding hydrogens is 177 g/mol. The zero-order valence-corrected chi connectivity index (χ0v) is 5.97. The average molecular weight is 180 g/mol. The Labute approximate surface area is 51.9 Å². The first kappa shape index (κ1) is 5.22. The summed E-state index contributed by atoms with van der Waals surface area (Å²) in [4.78, 5) is 4.55. The normalized spacial score (nSPS) is 9.29. The maximum absolute atomic E-state index is 4.82. The SMILES string of the molecule is S[Se]c1ncco1. The van der Waals surface area contributed by atoms with E-state index in [4.69, 9.17) is 4.42 Å². The molecule has 0 amide bonds. The molecule has 0 bridgehead atoms. The van der Waals surface area contributed by atoms with E-state index in [1.165, 1.54) is 0 Å². The molecule has 0 aliphatic heterocycles. The van der Waals surface area contributed by atoms with Crippen molar-refractivity contribution in [1.29, 1.82) is 0 Å². The van der Waals surface area contributed by atoms with Crippen molar-refractivity contribution in [3.63, 3.8) is 0 Å². The van der Waals surface area contributed by atoms with Crippen LogP contribution in [0.3, 0.4) is 0 Å². The second-order valence-electron chi connectivity index (χ2n) is 0.889. The summed E-state index contributed by atoms with van der Waals surface area (Å²) >= 11 is 4.10. The molecule has 38 valence electrons. The molecule has 0 aromatic carbocycles. The van der Waals surface area contributed by atoms with E-state index >= 15 is 0 Å². The third-order valence-electron chi connectivity index (χ3n) is 0.488. The first-order valence-electron chi connectivity index (χ1n) is 1.64. The number of thiol groups is 1. The van der Waals surface area contributed by atoms with Crippen molar-refractivity contribution in [1.82, 2.24) is 4.98 Å². The Hall–Kier alpha value is 0.0795. The number of nitrogens with zero attached hydrogens (tertiary/aromatic N) is 1. The van der Waals surface area contributed by atoms with E-state index in [0.717, 1.165) is 4.79 Å². The Balaban J connectivity index is 2.76. The monoisotopic (exact) mass is 181 g/mol. The van der Waals surface area contributed by atoms with Gasteiger partial charge < -0.3 is 0 Å². The van der Waals surface area contributed by atoms with Gasteiger partial charge in [0.1, 0.15) is 0 Å². The van der Waals surface area contributed by atoms with Gasteiger partial charge in [-0.1, -0.05) is 0 Å². The number of hydrogen-bond donors (Lipinski definition) is 1. The van der Waals surface area contributed by atoms with Crippen LogP contribution in [0.15, 0.2) is 16.9 Å². The fraction of sp³-hybridized carbons (Fsp3) is 0. The molecule has 2 nitrogen and oxygen atoms in total. The quantitative estimate of drug-likeness (QED) is 0.480. The van der Waals surface area contributed by atoms with E-state index in [0.29, 0.717) is 0 Å². The van der Waals surface area contributed by atoms with E-state index in [9.17, 15) is 0 Å². The second kappa shape index (κ2) is 2.40. The maximum atomic E-state index is 4.82. The Morgan fingerprint density at radius 2 is 2.71 bits per heavy atom. The molecule has 0 saturated heterocycles. The van der Waals surface area contributed by atoms with Crippen molar-refractivity contribution in [3.05, 3.63) is 12.5 Å². The van der Waals surface area contributed by atoms with Crippen molar-refractivity contribution in [2.45, 2.75) is 0 Å². The molecule has 1 aromatic heterocycles. The standard InChI is InChI=1S/C3H3NOSSe/c6-7-3-4-1-2-5-3/h1-2,6H. The number of oxazole rings is 1. The minimum atomic E-state index is 0.115. The second-order valence-corrected chi connectivity index (χ2v) is 2.95. The number of hydrogen-bond acceptors (Lipinski definition) is 3. The molecule has 0 saturated carbocycles. The Bertz CT molecular complexity index is 129. The Kier molecular flexibility index (Phi) is 1.79. The predicted molar refractivity (Wildman–Crippen MR) is 30.9 cm³/mol. The first-order chi connectivity index (χ1) is 3.43. The Morgan fingerprint density at radius 3 is 3.00 bits per heavy atom. The van der Waals surface area contributed by atoms with Crippen LogP contribution in [0, 0.1) is 0 Å². The summed E-state index contributed by atoms with van der Waals surface area (Å²) in [5.41, 5.74) is 0. The number of aromatic nitrogens is 1. The van der Waals surface area contributed by atoms with Gasteiger partial charge in [-0.05, 0) is 0 Å². The third kappa shape index (κ3) is 1.23. The summed E-state index contributed by atoms with van der Waals surface area (Å²) in [7, 11) is 0. The molecule has 0 fully saturated rings. The summed E-state index contributed by atoms with van der Waals surface area (Å²) in [6, 6.07) is 0. The van der Waals surface area contributed by atoms with E-state index < -0.39 is 0 Å². The fourth-order valence-electron chi connectivity index (χ4n) is 0.255. The summed E-state index contributed by atoms with van der Waals surface area (Å²) in [5, 5.41) is 0. The van der Waals surface area contributed by atoms with Gasteiger partial charge in [0.05, 0.1) is 0 Å². The van der Waals surface area contributed by atoms with Crippen LogP contribution < -0.4 is 4.79 Å². The molecule has 1 rings (SSSR count). The van der Waals surface area contributed by atoms with Gasteiger partial charge in [0.2, 0.25) is 0 Å². The topological polar surface area (TPSA) is 26.0 Å².